The minimum Gasteiger partial charge on any atom is -0.393 e. The monoisotopic (exact) mass is 194 g/mol. The maximum Gasteiger partial charge on any atom is 0.0548 e. The van der Waals surface area contributed by atoms with Crippen LogP contribution in [0.3, 0.4) is 0 Å². The van der Waals surface area contributed by atoms with E-state index >= 15 is 0 Å². The molecule has 0 amide bonds. The molecule has 0 saturated heterocycles. The fourth-order valence-corrected chi connectivity index (χ4v) is 3.27. The van der Waals surface area contributed by atoms with Crippen molar-refractivity contribution in [2.24, 2.45) is 10.8 Å². The van der Waals surface area contributed by atoms with E-state index in [1.165, 1.54) is 25.7 Å². The molecule has 1 fully saturated rings. The molecule has 1 heteroatoms. The molecule has 2 unspecified atom stereocenters. The minimum absolute atomic E-state index is 0.0641. The lowest BCUT2D eigenvalue weighted by molar-refractivity contribution is -0.00730. The summed E-state index contributed by atoms with van der Waals surface area (Å²) in [5.74, 6) is 0. The van der Waals surface area contributed by atoms with E-state index in [1.807, 2.05) is 0 Å². The molecule has 80 valence electrons. The maximum absolute atomic E-state index is 9.82. The Hall–Kier alpha value is -0.300. The molecular formula is C13H22O. The Balaban J connectivity index is 2.26. The van der Waals surface area contributed by atoms with Gasteiger partial charge in [0.1, 0.15) is 0 Å². The van der Waals surface area contributed by atoms with E-state index < -0.39 is 0 Å². The van der Waals surface area contributed by atoms with Crippen molar-refractivity contribution in [3.8, 4) is 0 Å². The number of aliphatic hydroxyl groups is 1. The summed E-state index contributed by atoms with van der Waals surface area (Å²) >= 11 is 0. The van der Waals surface area contributed by atoms with Crippen LogP contribution in [0.5, 0.6) is 0 Å². The topological polar surface area (TPSA) is 20.2 Å². The number of aliphatic hydroxyl groups excluding tert-OH is 1. The Morgan fingerprint density at radius 2 is 2.07 bits per heavy atom. The summed E-state index contributed by atoms with van der Waals surface area (Å²) in [5, 5.41) is 9.82. The zero-order chi connectivity index (χ0) is 10.2. The molecule has 2 aliphatic carbocycles. The van der Waals surface area contributed by atoms with E-state index in [0.717, 1.165) is 12.8 Å². The molecule has 0 aromatic heterocycles. The average molecular weight is 194 g/mol. The van der Waals surface area contributed by atoms with E-state index in [0.29, 0.717) is 10.8 Å². The van der Waals surface area contributed by atoms with Crippen molar-refractivity contribution in [1.82, 2.24) is 0 Å². The van der Waals surface area contributed by atoms with Crippen molar-refractivity contribution >= 4 is 0 Å². The zero-order valence-electron chi connectivity index (χ0n) is 9.42. The highest BCUT2D eigenvalue weighted by molar-refractivity contribution is 5.13. The fraction of sp³-hybridized carbons (Fsp3) is 0.846. The molecule has 1 N–H and O–H groups in total. The lowest BCUT2D eigenvalue weighted by Gasteiger charge is -2.51. The van der Waals surface area contributed by atoms with Crippen LogP contribution in [0.25, 0.3) is 0 Å². The summed E-state index contributed by atoms with van der Waals surface area (Å²) < 4.78 is 0. The second-order valence-corrected chi connectivity index (χ2v) is 5.73. The van der Waals surface area contributed by atoms with Gasteiger partial charge in [0.2, 0.25) is 0 Å². The van der Waals surface area contributed by atoms with Gasteiger partial charge in [0.15, 0.2) is 0 Å². The summed E-state index contributed by atoms with van der Waals surface area (Å²) in [6, 6.07) is 0. The second kappa shape index (κ2) is 3.37. The lowest BCUT2D eigenvalue weighted by Crippen LogP contribution is -2.43. The Bertz CT molecular complexity index is 242. The first-order chi connectivity index (χ1) is 6.56. The SMILES string of the molecule is CC1(C)CCC=CC12CCCC(O)C2. The van der Waals surface area contributed by atoms with Crippen LogP contribution in [0.15, 0.2) is 12.2 Å². The highest BCUT2D eigenvalue weighted by Gasteiger charge is 2.46. The van der Waals surface area contributed by atoms with Gasteiger partial charge in [-0.3, -0.25) is 0 Å². The molecule has 0 heterocycles. The van der Waals surface area contributed by atoms with E-state index in [-0.39, 0.29) is 6.10 Å². The molecule has 0 radical (unpaired) electrons. The third-order valence-corrected chi connectivity index (χ3v) is 4.48. The smallest absolute Gasteiger partial charge is 0.0548 e. The summed E-state index contributed by atoms with van der Waals surface area (Å²) in [5.41, 5.74) is 0.673. The van der Waals surface area contributed by atoms with Crippen LogP contribution in [0.4, 0.5) is 0 Å². The van der Waals surface area contributed by atoms with Gasteiger partial charge in [-0.05, 0) is 49.4 Å². The van der Waals surface area contributed by atoms with Crippen LogP contribution >= 0.6 is 0 Å². The van der Waals surface area contributed by atoms with Crippen LogP contribution in [-0.4, -0.2) is 11.2 Å². The highest BCUT2D eigenvalue weighted by Crippen LogP contribution is 2.55. The van der Waals surface area contributed by atoms with Gasteiger partial charge in [-0.1, -0.05) is 26.0 Å². The van der Waals surface area contributed by atoms with E-state index in [4.69, 9.17) is 0 Å². The van der Waals surface area contributed by atoms with E-state index in [1.54, 1.807) is 0 Å². The van der Waals surface area contributed by atoms with Crippen LogP contribution in [0.1, 0.15) is 52.4 Å². The van der Waals surface area contributed by atoms with Crippen LogP contribution in [0, 0.1) is 10.8 Å². The summed E-state index contributed by atoms with van der Waals surface area (Å²) in [4.78, 5) is 0. The van der Waals surface area contributed by atoms with Gasteiger partial charge in [-0.2, -0.15) is 0 Å². The lowest BCUT2D eigenvalue weighted by atomic mass is 9.54. The fourth-order valence-electron chi connectivity index (χ4n) is 3.27. The normalized spacial score (nSPS) is 41.5. The van der Waals surface area contributed by atoms with Crippen molar-refractivity contribution in [2.45, 2.75) is 58.5 Å². The third kappa shape index (κ3) is 1.52. The molecule has 2 atom stereocenters. The zero-order valence-corrected chi connectivity index (χ0v) is 9.42. The van der Waals surface area contributed by atoms with Gasteiger partial charge in [0, 0.05) is 0 Å². The second-order valence-electron chi connectivity index (χ2n) is 5.73. The molecule has 0 aromatic carbocycles. The predicted molar refractivity (Wildman–Crippen MR) is 59.1 cm³/mol. The molecule has 2 aliphatic rings. The van der Waals surface area contributed by atoms with Crippen molar-refractivity contribution in [1.29, 1.82) is 0 Å². The molecule has 0 bridgehead atoms. The quantitative estimate of drug-likeness (QED) is 0.587. The van der Waals surface area contributed by atoms with Crippen LogP contribution in [-0.2, 0) is 0 Å². The number of allylic oxidation sites excluding steroid dienone is 2. The van der Waals surface area contributed by atoms with Gasteiger partial charge < -0.3 is 5.11 Å². The van der Waals surface area contributed by atoms with Gasteiger partial charge in [-0.15, -0.1) is 0 Å². The number of rotatable bonds is 0. The van der Waals surface area contributed by atoms with Crippen molar-refractivity contribution in [3.05, 3.63) is 12.2 Å². The summed E-state index contributed by atoms with van der Waals surface area (Å²) in [7, 11) is 0. The van der Waals surface area contributed by atoms with Crippen molar-refractivity contribution < 1.29 is 5.11 Å². The molecule has 14 heavy (non-hydrogen) atoms. The summed E-state index contributed by atoms with van der Waals surface area (Å²) in [6.45, 7) is 4.74. The van der Waals surface area contributed by atoms with Gasteiger partial charge >= 0.3 is 0 Å². The molecule has 1 spiro atoms. The largest absolute Gasteiger partial charge is 0.393 e. The Kier molecular flexibility index (Phi) is 2.46. The van der Waals surface area contributed by atoms with E-state index in [9.17, 15) is 5.11 Å². The molecule has 0 aliphatic heterocycles. The molecule has 0 aromatic rings. The predicted octanol–water partition coefficient (Wildman–Crippen LogP) is 3.28. The minimum atomic E-state index is -0.0641. The first kappa shape index (κ1) is 10.2. The first-order valence-corrected chi connectivity index (χ1v) is 5.92. The van der Waals surface area contributed by atoms with Crippen LogP contribution in [0.2, 0.25) is 0 Å². The van der Waals surface area contributed by atoms with Crippen LogP contribution < -0.4 is 0 Å². The number of hydrogen-bond acceptors (Lipinski definition) is 1. The first-order valence-electron chi connectivity index (χ1n) is 5.92. The molecule has 1 saturated carbocycles. The standard InChI is InChI=1S/C13H22O/c1-12(2)7-3-4-8-13(12)9-5-6-11(14)10-13/h4,8,11,14H,3,5-7,9-10H2,1-2H3. The average Bonchev–Trinajstić information content (AvgIpc) is 2.11. The molecular weight excluding hydrogens is 172 g/mol. The maximum atomic E-state index is 9.82. The molecule has 2 rings (SSSR count). The Morgan fingerprint density at radius 3 is 2.71 bits per heavy atom. The van der Waals surface area contributed by atoms with E-state index in [2.05, 4.69) is 26.0 Å². The van der Waals surface area contributed by atoms with Crippen molar-refractivity contribution in [2.75, 3.05) is 0 Å². The molecule has 1 nitrogen and oxygen atoms in total. The van der Waals surface area contributed by atoms with Gasteiger partial charge in [-0.25, -0.2) is 0 Å². The van der Waals surface area contributed by atoms with Crippen molar-refractivity contribution in [3.63, 3.8) is 0 Å². The van der Waals surface area contributed by atoms with Gasteiger partial charge in [0.05, 0.1) is 6.10 Å². The summed E-state index contributed by atoms with van der Waals surface area (Å²) in [6.07, 6.45) is 11.6. The highest BCUT2D eigenvalue weighted by atomic mass is 16.3. The Labute approximate surface area is 87.2 Å². The van der Waals surface area contributed by atoms with Gasteiger partial charge in [0.25, 0.3) is 0 Å². The third-order valence-electron chi connectivity index (χ3n) is 4.48. The number of hydrogen-bond donors (Lipinski definition) is 1. The Morgan fingerprint density at radius 1 is 1.29 bits per heavy atom.